The van der Waals surface area contributed by atoms with Crippen LogP contribution < -0.4 is 5.32 Å². The van der Waals surface area contributed by atoms with Gasteiger partial charge in [-0.05, 0) is 36.8 Å². The lowest BCUT2D eigenvalue weighted by Gasteiger charge is -2.25. The summed E-state index contributed by atoms with van der Waals surface area (Å²) >= 11 is 0. The molecule has 0 spiro atoms. The van der Waals surface area contributed by atoms with Gasteiger partial charge in [0.1, 0.15) is 11.3 Å². The zero-order valence-electron chi connectivity index (χ0n) is 17.9. The predicted molar refractivity (Wildman–Crippen MR) is 123 cm³/mol. The molecule has 0 aliphatic carbocycles. The van der Waals surface area contributed by atoms with Crippen molar-refractivity contribution in [1.82, 2.24) is 14.8 Å². The molecule has 4 aromatic rings. The van der Waals surface area contributed by atoms with Gasteiger partial charge in [0.15, 0.2) is 0 Å². The van der Waals surface area contributed by atoms with Crippen molar-refractivity contribution in [3.63, 3.8) is 0 Å². The molecule has 2 aromatic carbocycles. The lowest BCUT2D eigenvalue weighted by atomic mass is 10.1. The standard InChI is InChI=1S/C26H21N3O4/c1-17-6-4-7-18(12-17)14-28-15-19(21-9-2-3-10-23(21)28)13-22-24(30)27-26(32)29(25(22)31)16-20-8-5-11-33-20/h2-13,15H,14,16H2,1H3,(H,27,30,32). The first-order valence-electron chi connectivity index (χ1n) is 10.5. The van der Waals surface area contributed by atoms with E-state index in [0.717, 1.165) is 26.9 Å². The van der Waals surface area contributed by atoms with Crippen LogP contribution in [0.2, 0.25) is 0 Å². The molecule has 164 valence electrons. The number of benzene rings is 2. The number of hydrogen-bond acceptors (Lipinski definition) is 4. The van der Waals surface area contributed by atoms with E-state index in [1.54, 1.807) is 18.2 Å². The fourth-order valence-electron chi connectivity index (χ4n) is 4.08. The van der Waals surface area contributed by atoms with E-state index >= 15 is 0 Å². The molecule has 1 fully saturated rings. The van der Waals surface area contributed by atoms with Crippen molar-refractivity contribution in [2.24, 2.45) is 0 Å². The number of nitrogens with one attached hydrogen (secondary N) is 1. The highest BCUT2D eigenvalue weighted by Crippen LogP contribution is 2.26. The fraction of sp³-hybridized carbons (Fsp3) is 0.115. The molecular weight excluding hydrogens is 418 g/mol. The summed E-state index contributed by atoms with van der Waals surface area (Å²) in [6.45, 7) is 2.64. The van der Waals surface area contributed by atoms with Gasteiger partial charge in [0.05, 0.1) is 12.8 Å². The molecule has 0 bridgehead atoms. The van der Waals surface area contributed by atoms with Crippen molar-refractivity contribution in [2.45, 2.75) is 20.0 Å². The van der Waals surface area contributed by atoms with Gasteiger partial charge in [0, 0.05) is 29.2 Å². The van der Waals surface area contributed by atoms with Crippen molar-refractivity contribution in [3.05, 3.63) is 101 Å². The average Bonchev–Trinajstić information content (AvgIpc) is 3.43. The van der Waals surface area contributed by atoms with Gasteiger partial charge in [-0.15, -0.1) is 0 Å². The SMILES string of the molecule is Cc1cccc(Cn2cc(C=C3C(=O)NC(=O)N(Cc4ccco4)C3=O)c3ccccc32)c1. The summed E-state index contributed by atoms with van der Waals surface area (Å²) in [5.41, 5.74) is 3.94. The topological polar surface area (TPSA) is 84.6 Å². The minimum atomic E-state index is -0.763. The number of furan rings is 1. The number of imide groups is 2. The molecule has 7 nitrogen and oxygen atoms in total. The second-order valence-electron chi connectivity index (χ2n) is 8.01. The summed E-state index contributed by atoms with van der Waals surface area (Å²) in [4.78, 5) is 38.9. The summed E-state index contributed by atoms with van der Waals surface area (Å²) < 4.78 is 7.35. The van der Waals surface area contributed by atoms with Crippen molar-refractivity contribution in [2.75, 3.05) is 0 Å². The molecule has 1 N–H and O–H groups in total. The van der Waals surface area contributed by atoms with Crippen LogP contribution in [0, 0.1) is 6.92 Å². The van der Waals surface area contributed by atoms with Gasteiger partial charge in [-0.2, -0.15) is 0 Å². The van der Waals surface area contributed by atoms with Gasteiger partial charge >= 0.3 is 6.03 Å². The third-order valence-corrected chi connectivity index (χ3v) is 5.63. The summed E-state index contributed by atoms with van der Waals surface area (Å²) in [6.07, 6.45) is 4.94. The van der Waals surface area contributed by atoms with E-state index in [1.807, 2.05) is 36.5 Å². The fourth-order valence-corrected chi connectivity index (χ4v) is 4.08. The average molecular weight is 439 g/mol. The van der Waals surface area contributed by atoms with Gasteiger partial charge in [-0.3, -0.25) is 19.8 Å². The monoisotopic (exact) mass is 439 g/mol. The van der Waals surface area contributed by atoms with E-state index in [2.05, 4.69) is 35.0 Å². The molecule has 1 aliphatic heterocycles. The molecule has 33 heavy (non-hydrogen) atoms. The maximum Gasteiger partial charge on any atom is 0.331 e. The van der Waals surface area contributed by atoms with Crippen LogP contribution in [0.4, 0.5) is 4.79 Å². The van der Waals surface area contributed by atoms with Crippen LogP contribution in [0.1, 0.15) is 22.5 Å². The number of barbiturate groups is 1. The van der Waals surface area contributed by atoms with Crippen LogP contribution in [0.3, 0.4) is 0 Å². The van der Waals surface area contributed by atoms with Crippen LogP contribution in [0.5, 0.6) is 0 Å². The highest BCUT2D eigenvalue weighted by molar-refractivity contribution is 6.31. The second kappa shape index (κ2) is 8.27. The number of carbonyl (C=O) groups is 3. The molecule has 1 aliphatic rings. The van der Waals surface area contributed by atoms with E-state index in [9.17, 15) is 14.4 Å². The molecule has 1 saturated heterocycles. The van der Waals surface area contributed by atoms with Crippen LogP contribution >= 0.6 is 0 Å². The maximum atomic E-state index is 13.1. The number of carbonyl (C=O) groups excluding carboxylic acids is 3. The number of rotatable bonds is 5. The van der Waals surface area contributed by atoms with Gasteiger partial charge in [-0.25, -0.2) is 4.79 Å². The number of hydrogen-bond donors (Lipinski definition) is 1. The van der Waals surface area contributed by atoms with E-state index in [-0.39, 0.29) is 12.1 Å². The van der Waals surface area contributed by atoms with E-state index in [0.29, 0.717) is 12.3 Å². The summed E-state index contributed by atoms with van der Waals surface area (Å²) in [6, 6.07) is 18.7. The maximum absolute atomic E-state index is 13.1. The quantitative estimate of drug-likeness (QED) is 0.372. The van der Waals surface area contributed by atoms with Gasteiger partial charge in [0.2, 0.25) is 0 Å². The molecule has 2 aromatic heterocycles. The Morgan fingerprint density at radius 1 is 0.970 bits per heavy atom. The Hall–Kier alpha value is -4.39. The Kier molecular flexibility index (Phi) is 5.14. The largest absolute Gasteiger partial charge is 0.467 e. The zero-order valence-corrected chi connectivity index (χ0v) is 17.9. The molecule has 0 radical (unpaired) electrons. The summed E-state index contributed by atoms with van der Waals surface area (Å²) in [7, 11) is 0. The van der Waals surface area contributed by atoms with Crippen molar-refractivity contribution < 1.29 is 18.8 Å². The first-order chi connectivity index (χ1) is 16.0. The zero-order chi connectivity index (χ0) is 22.9. The highest BCUT2D eigenvalue weighted by atomic mass is 16.3. The van der Waals surface area contributed by atoms with E-state index in [1.165, 1.54) is 11.8 Å². The Labute approximate surface area is 189 Å². The highest BCUT2D eigenvalue weighted by Gasteiger charge is 2.36. The smallest absolute Gasteiger partial charge is 0.331 e. The Balaban J connectivity index is 1.53. The molecule has 0 unspecified atom stereocenters. The number of para-hydroxylation sites is 1. The number of aryl methyl sites for hydroxylation is 1. The predicted octanol–water partition coefficient (Wildman–Crippen LogP) is 4.25. The number of fused-ring (bicyclic) bond motifs is 1. The second-order valence-corrected chi connectivity index (χ2v) is 8.01. The first-order valence-corrected chi connectivity index (χ1v) is 10.5. The molecule has 4 amide bonds. The Morgan fingerprint density at radius 2 is 1.82 bits per heavy atom. The van der Waals surface area contributed by atoms with Crippen molar-refractivity contribution in [1.29, 1.82) is 0 Å². The first kappa shape index (κ1) is 20.5. The molecule has 0 saturated carbocycles. The molecule has 3 heterocycles. The Morgan fingerprint density at radius 3 is 2.61 bits per heavy atom. The van der Waals surface area contributed by atoms with Gasteiger partial charge in [-0.1, -0.05) is 48.0 Å². The molecular formula is C26H21N3O4. The van der Waals surface area contributed by atoms with Crippen molar-refractivity contribution in [3.8, 4) is 0 Å². The van der Waals surface area contributed by atoms with E-state index in [4.69, 9.17) is 4.42 Å². The van der Waals surface area contributed by atoms with Crippen LogP contribution in [-0.2, 0) is 22.7 Å². The van der Waals surface area contributed by atoms with Crippen LogP contribution in [0.15, 0.2) is 83.1 Å². The normalized spacial score (nSPS) is 15.5. The van der Waals surface area contributed by atoms with E-state index < -0.39 is 17.8 Å². The minimum absolute atomic E-state index is 0.0581. The summed E-state index contributed by atoms with van der Waals surface area (Å²) in [5.74, 6) is -0.922. The molecule has 0 atom stereocenters. The third-order valence-electron chi connectivity index (χ3n) is 5.63. The number of urea groups is 1. The van der Waals surface area contributed by atoms with Crippen LogP contribution in [0.25, 0.3) is 17.0 Å². The number of amides is 4. The minimum Gasteiger partial charge on any atom is -0.467 e. The molecule has 7 heteroatoms. The van der Waals surface area contributed by atoms with Gasteiger partial charge < -0.3 is 8.98 Å². The number of aromatic nitrogens is 1. The number of nitrogens with zero attached hydrogens (tertiary/aromatic N) is 2. The molecule has 5 rings (SSSR count). The lowest BCUT2D eigenvalue weighted by Crippen LogP contribution is -2.53. The Bertz CT molecular complexity index is 1410. The third kappa shape index (κ3) is 3.96. The lowest BCUT2D eigenvalue weighted by molar-refractivity contribution is -0.130. The summed E-state index contributed by atoms with van der Waals surface area (Å²) in [5, 5.41) is 3.16. The van der Waals surface area contributed by atoms with Crippen LogP contribution in [-0.4, -0.2) is 27.3 Å². The van der Waals surface area contributed by atoms with Crippen molar-refractivity contribution >= 4 is 34.8 Å². The van der Waals surface area contributed by atoms with Gasteiger partial charge in [0.25, 0.3) is 11.8 Å².